The van der Waals surface area contributed by atoms with E-state index in [0.717, 1.165) is 10.9 Å². The number of aromatic amines is 1. The first-order chi connectivity index (χ1) is 13.3. The topological polar surface area (TPSA) is 97.9 Å². The van der Waals surface area contributed by atoms with Crippen molar-refractivity contribution in [2.24, 2.45) is 0 Å². The highest BCUT2D eigenvalue weighted by molar-refractivity contribution is 6.04. The van der Waals surface area contributed by atoms with Gasteiger partial charge in [0.1, 0.15) is 18.0 Å². The number of ether oxygens (including phenoxy) is 3. The number of ketones is 1. The minimum absolute atomic E-state index is 0.0955. The van der Waals surface area contributed by atoms with Crippen LogP contribution in [0.1, 0.15) is 50.4 Å². The molecule has 0 bridgehead atoms. The fourth-order valence-corrected chi connectivity index (χ4v) is 3.34. The van der Waals surface area contributed by atoms with E-state index in [0.29, 0.717) is 18.4 Å². The monoisotopic (exact) mass is 389 g/mol. The molecule has 7 heteroatoms. The minimum atomic E-state index is -0.920. The van der Waals surface area contributed by atoms with Gasteiger partial charge >= 0.3 is 5.97 Å². The molecule has 1 aromatic carbocycles. The Kier molecular flexibility index (Phi) is 6.49. The fraction of sp³-hybridized carbons (Fsp3) is 0.524. The van der Waals surface area contributed by atoms with Crippen molar-refractivity contribution in [2.75, 3.05) is 0 Å². The molecule has 1 aromatic heterocycles. The summed E-state index contributed by atoms with van der Waals surface area (Å²) in [7, 11) is 0. The lowest BCUT2D eigenvalue weighted by Gasteiger charge is -2.38. The molecule has 152 valence electrons. The number of aliphatic hydroxyl groups excluding tert-OH is 1. The summed E-state index contributed by atoms with van der Waals surface area (Å²) in [4.78, 5) is 26.8. The molecular formula is C21H27NO6. The molecule has 1 saturated heterocycles. The molecule has 2 heterocycles. The van der Waals surface area contributed by atoms with Gasteiger partial charge in [-0.05, 0) is 33.3 Å². The normalized spacial score (nSPS) is 26.1. The summed E-state index contributed by atoms with van der Waals surface area (Å²) in [5, 5.41) is 11.2. The second-order valence-corrected chi connectivity index (χ2v) is 7.39. The zero-order valence-corrected chi connectivity index (χ0v) is 16.4. The van der Waals surface area contributed by atoms with Gasteiger partial charge in [0, 0.05) is 29.9 Å². The molecule has 1 aliphatic rings. The Morgan fingerprint density at radius 2 is 2.11 bits per heavy atom. The van der Waals surface area contributed by atoms with Crippen molar-refractivity contribution in [3.05, 3.63) is 36.0 Å². The van der Waals surface area contributed by atoms with Gasteiger partial charge in [-0.15, -0.1) is 0 Å². The van der Waals surface area contributed by atoms with Crippen LogP contribution >= 0.6 is 0 Å². The number of hydrogen-bond acceptors (Lipinski definition) is 6. The lowest BCUT2D eigenvalue weighted by Crippen LogP contribution is -2.49. The van der Waals surface area contributed by atoms with Crippen molar-refractivity contribution < 1.29 is 28.9 Å². The molecule has 2 aromatic rings. The Hall–Kier alpha value is -2.22. The summed E-state index contributed by atoms with van der Waals surface area (Å²) in [5.41, 5.74) is 1.31. The van der Waals surface area contributed by atoms with Crippen LogP contribution in [0.15, 0.2) is 30.5 Å². The van der Waals surface area contributed by atoms with Gasteiger partial charge in [0.2, 0.25) is 0 Å². The third kappa shape index (κ3) is 4.79. The Balaban J connectivity index is 1.58. The Labute approximate surface area is 164 Å². The number of carbonyl (C=O) groups is 2. The largest absolute Gasteiger partial charge is 0.456 e. The van der Waals surface area contributed by atoms with Crippen LogP contribution in [0.4, 0.5) is 0 Å². The number of Topliss-reactive ketones (excluding diaryl/α,β-unsaturated/α-hetero) is 1. The number of carbonyl (C=O) groups excluding carboxylic acids is 2. The van der Waals surface area contributed by atoms with Crippen LogP contribution < -0.4 is 0 Å². The van der Waals surface area contributed by atoms with E-state index in [4.69, 9.17) is 14.2 Å². The molecule has 3 rings (SSSR count). The standard InChI is InChI=1S/C21H27NO6/c1-12(23)8-9-13(2)26-21-18(24)10-19(14(3)27-21)28-20(25)16-11-22-17-7-5-4-6-15(16)17/h4-7,11,13-14,18-19,21-22,24H,8-10H2,1-3H3/t13-,14+,18-,19-,21-/m1/s1. The molecule has 0 unspecified atom stereocenters. The maximum atomic E-state index is 12.6. The lowest BCUT2D eigenvalue weighted by molar-refractivity contribution is -0.273. The number of rotatable bonds is 7. The molecule has 0 amide bonds. The van der Waals surface area contributed by atoms with E-state index in [1.807, 2.05) is 31.2 Å². The molecule has 0 saturated carbocycles. The summed E-state index contributed by atoms with van der Waals surface area (Å²) < 4.78 is 17.1. The number of aliphatic hydroxyl groups is 1. The van der Waals surface area contributed by atoms with Crippen molar-refractivity contribution in [3.63, 3.8) is 0 Å². The Morgan fingerprint density at radius 1 is 1.36 bits per heavy atom. The summed E-state index contributed by atoms with van der Waals surface area (Å²) in [6.07, 6.45) is -0.122. The SMILES string of the molecule is CC(=O)CC[C@@H](C)O[C@@H]1O[C@@H](C)[C@H](OC(=O)c2c[nH]c3ccccc23)C[C@H]1O. The van der Waals surface area contributed by atoms with Crippen LogP contribution in [0.3, 0.4) is 0 Å². The predicted molar refractivity (Wildman–Crippen MR) is 103 cm³/mol. The van der Waals surface area contributed by atoms with Crippen molar-refractivity contribution in [1.82, 2.24) is 4.98 Å². The molecule has 1 aliphatic heterocycles. The van der Waals surface area contributed by atoms with Crippen molar-refractivity contribution in [3.8, 4) is 0 Å². The smallest absolute Gasteiger partial charge is 0.340 e. The predicted octanol–water partition coefficient (Wildman–Crippen LogP) is 2.96. The van der Waals surface area contributed by atoms with Crippen LogP contribution in [-0.2, 0) is 19.0 Å². The number of fused-ring (bicyclic) bond motifs is 1. The van der Waals surface area contributed by atoms with Gasteiger partial charge in [-0.25, -0.2) is 4.79 Å². The number of benzene rings is 1. The maximum absolute atomic E-state index is 12.6. The van der Waals surface area contributed by atoms with Gasteiger partial charge in [-0.2, -0.15) is 0 Å². The molecule has 28 heavy (non-hydrogen) atoms. The van der Waals surface area contributed by atoms with Crippen LogP contribution in [0.25, 0.3) is 10.9 Å². The number of para-hydroxylation sites is 1. The molecule has 0 radical (unpaired) electrons. The van der Waals surface area contributed by atoms with Gasteiger partial charge in [-0.1, -0.05) is 18.2 Å². The molecule has 0 aliphatic carbocycles. The van der Waals surface area contributed by atoms with Crippen LogP contribution in [0.2, 0.25) is 0 Å². The second kappa shape index (κ2) is 8.86. The van der Waals surface area contributed by atoms with E-state index in [1.54, 1.807) is 13.1 Å². The zero-order valence-electron chi connectivity index (χ0n) is 16.4. The average Bonchev–Trinajstić information content (AvgIpc) is 3.08. The first kappa shape index (κ1) is 20.5. The highest BCUT2D eigenvalue weighted by Gasteiger charge is 2.38. The van der Waals surface area contributed by atoms with Gasteiger partial charge < -0.3 is 29.1 Å². The fourth-order valence-electron chi connectivity index (χ4n) is 3.34. The number of hydrogen-bond donors (Lipinski definition) is 2. The first-order valence-corrected chi connectivity index (χ1v) is 9.60. The quantitative estimate of drug-likeness (QED) is 0.707. The Bertz CT molecular complexity index is 831. The molecular weight excluding hydrogens is 362 g/mol. The molecule has 0 spiro atoms. The van der Waals surface area contributed by atoms with Crippen LogP contribution in [-0.4, -0.2) is 52.5 Å². The molecule has 2 N–H and O–H groups in total. The lowest BCUT2D eigenvalue weighted by atomic mass is 10.0. The maximum Gasteiger partial charge on any atom is 0.340 e. The highest BCUT2D eigenvalue weighted by Crippen LogP contribution is 2.27. The zero-order chi connectivity index (χ0) is 20.3. The highest BCUT2D eigenvalue weighted by atomic mass is 16.7. The summed E-state index contributed by atoms with van der Waals surface area (Å²) in [6, 6.07) is 7.49. The number of esters is 1. The molecule has 7 nitrogen and oxygen atoms in total. The Morgan fingerprint density at radius 3 is 2.86 bits per heavy atom. The van der Waals surface area contributed by atoms with Gasteiger partial charge in [0.05, 0.1) is 17.8 Å². The average molecular weight is 389 g/mol. The van der Waals surface area contributed by atoms with E-state index >= 15 is 0 Å². The third-order valence-corrected chi connectivity index (χ3v) is 5.00. The van der Waals surface area contributed by atoms with Gasteiger partial charge in [-0.3, -0.25) is 0 Å². The van der Waals surface area contributed by atoms with Crippen molar-refractivity contribution >= 4 is 22.7 Å². The first-order valence-electron chi connectivity index (χ1n) is 9.60. The van der Waals surface area contributed by atoms with E-state index in [2.05, 4.69) is 4.98 Å². The van der Waals surface area contributed by atoms with Crippen LogP contribution in [0.5, 0.6) is 0 Å². The summed E-state index contributed by atoms with van der Waals surface area (Å²) in [5.74, 6) is -0.363. The van der Waals surface area contributed by atoms with Crippen molar-refractivity contribution in [1.29, 1.82) is 0 Å². The summed E-state index contributed by atoms with van der Waals surface area (Å²) >= 11 is 0. The second-order valence-electron chi connectivity index (χ2n) is 7.39. The third-order valence-electron chi connectivity index (χ3n) is 5.00. The number of H-pyrrole nitrogens is 1. The molecule has 1 fully saturated rings. The van der Waals surface area contributed by atoms with E-state index in [1.165, 1.54) is 6.92 Å². The number of aromatic nitrogens is 1. The van der Waals surface area contributed by atoms with E-state index < -0.39 is 30.6 Å². The number of nitrogens with one attached hydrogen (secondary N) is 1. The van der Waals surface area contributed by atoms with Gasteiger partial charge in [0.15, 0.2) is 6.29 Å². The van der Waals surface area contributed by atoms with Crippen molar-refractivity contribution in [2.45, 2.75) is 70.7 Å². The van der Waals surface area contributed by atoms with Crippen LogP contribution in [0, 0.1) is 0 Å². The molecule has 5 atom stereocenters. The minimum Gasteiger partial charge on any atom is -0.456 e. The van der Waals surface area contributed by atoms with Gasteiger partial charge in [0.25, 0.3) is 0 Å². The van der Waals surface area contributed by atoms with E-state index in [-0.39, 0.29) is 18.3 Å². The summed E-state index contributed by atoms with van der Waals surface area (Å²) in [6.45, 7) is 5.16. The van der Waals surface area contributed by atoms with E-state index in [9.17, 15) is 14.7 Å².